The van der Waals surface area contributed by atoms with E-state index in [0.717, 1.165) is 16.3 Å². The molecule has 29 heavy (non-hydrogen) atoms. The molecule has 0 aromatic heterocycles. The molecule has 0 atom stereocenters. The molecule has 0 saturated heterocycles. The van der Waals surface area contributed by atoms with Crippen molar-refractivity contribution in [2.24, 2.45) is 10.4 Å². The van der Waals surface area contributed by atoms with Gasteiger partial charge in [0.2, 0.25) is 5.78 Å². The average Bonchev–Trinajstić information content (AvgIpc) is 2.97. The molecule has 0 radical (unpaired) electrons. The van der Waals surface area contributed by atoms with E-state index >= 15 is 0 Å². The predicted octanol–water partition coefficient (Wildman–Crippen LogP) is 4.86. The van der Waals surface area contributed by atoms with Crippen LogP contribution in [0.25, 0.3) is 10.8 Å². The van der Waals surface area contributed by atoms with Gasteiger partial charge in [0.25, 0.3) is 5.91 Å². The summed E-state index contributed by atoms with van der Waals surface area (Å²) in [7, 11) is 0. The molecule has 0 N–H and O–H groups in total. The van der Waals surface area contributed by atoms with Gasteiger partial charge in [0.15, 0.2) is 5.76 Å². The maximum Gasteiger partial charge on any atom is 0.256 e. The van der Waals surface area contributed by atoms with E-state index in [1.807, 2.05) is 48.5 Å². The van der Waals surface area contributed by atoms with Crippen LogP contribution in [0.15, 0.2) is 83.1 Å². The summed E-state index contributed by atoms with van der Waals surface area (Å²) in [4.78, 5) is 30.1. The smallest absolute Gasteiger partial charge is 0.256 e. The predicted molar refractivity (Wildman–Crippen MR) is 112 cm³/mol. The largest absolute Gasteiger partial charge is 0.484 e. The second kappa shape index (κ2) is 6.24. The number of benzene rings is 3. The molecule has 4 heteroatoms. The van der Waals surface area contributed by atoms with Crippen molar-refractivity contribution < 1.29 is 14.3 Å². The van der Waals surface area contributed by atoms with E-state index in [0.29, 0.717) is 22.4 Å². The lowest BCUT2D eigenvalue weighted by Gasteiger charge is -2.26. The highest BCUT2D eigenvalue weighted by Crippen LogP contribution is 2.43. The number of carbonyl (C=O) groups is 2. The first-order valence-electron chi connectivity index (χ1n) is 9.59. The number of amides is 1. The van der Waals surface area contributed by atoms with Gasteiger partial charge in [0.1, 0.15) is 6.61 Å². The van der Waals surface area contributed by atoms with E-state index in [-0.39, 0.29) is 24.1 Å². The van der Waals surface area contributed by atoms with E-state index in [1.165, 1.54) is 0 Å². The summed E-state index contributed by atoms with van der Waals surface area (Å²) in [5.41, 5.74) is 2.44. The fourth-order valence-electron chi connectivity index (χ4n) is 4.03. The van der Waals surface area contributed by atoms with Crippen LogP contribution < -0.4 is 0 Å². The number of ketones is 1. The van der Waals surface area contributed by atoms with Crippen molar-refractivity contribution in [1.29, 1.82) is 0 Å². The Morgan fingerprint density at radius 1 is 0.862 bits per heavy atom. The highest BCUT2D eigenvalue weighted by atomic mass is 16.5. The number of rotatable bonds is 3. The Kier molecular flexibility index (Phi) is 3.78. The summed E-state index contributed by atoms with van der Waals surface area (Å²) in [6.07, 6.45) is 0. The van der Waals surface area contributed by atoms with E-state index in [2.05, 4.69) is 17.1 Å². The van der Waals surface area contributed by atoms with Crippen molar-refractivity contribution in [2.75, 3.05) is 0 Å². The van der Waals surface area contributed by atoms with Crippen LogP contribution in [0.2, 0.25) is 0 Å². The first kappa shape index (κ1) is 17.6. The Balaban J connectivity index is 1.57. The van der Waals surface area contributed by atoms with E-state index in [9.17, 15) is 9.59 Å². The van der Waals surface area contributed by atoms with Crippen LogP contribution in [0, 0.1) is 5.41 Å². The lowest BCUT2D eigenvalue weighted by Crippen LogP contribution is -2.30. The fraction of sp³-hybridized carbons (Fsp3) is 0.160. The first-order valence-corrected chi connectivity index (χ1v) is 9.59. The van der Waals surface area contributed by atoms with Gasteiger partial charge in [-0.3, -0.25) is 9.59 Å². The van der Waals surface area contributed by atoms with Crippen LogP contribution in [0.1, 0.15) is 35.3 Å². The van der Waals surface area contributed by atoms with Crippen LogP contribution in [0.3, 0.4) is 0 Å². The minimum atomic E-state index is -0.892. The third kappa shape index (κ3) is 2.64. The summed E-state index contributed by atoms with van der Waals surface area (Å²) >= 11 is 0. The van der Waals surface area contributed by atoms with Crippen LogP contribution >= 0.6 is 0 Å². The summed E-state index contributed by atoms with van der Waals surface area (Å²) < 4.78 is 6.08. The number of carbonyl (C=O) groups excluding carboxylic acids is 2. The normalized spacial score (nSPS) is 17.2. The van der Waals surface area contributed by atoms with Crippen molar-refractivity contribution in [3.05, 3.63) is 94.8 Å². The van der Waals surface area contributed by atoms with Crippen LogP contribution in [0.5, 0.6) is 0 Å². The van der Waals surface area contributed by atoms with E-state index in [1.54, 1.807) is 19.9 Å². The van der Waals surface area contributed by atoms with Gasteiger partial charge in [-0.2, -0.15) is 0 Å². The van der Waals surface area contributed by atoms with Gasteiger partial charge in [-0.15, -0.1) is 0 Å². The topological polar surface area (TPSA) is 55.7 Å². The van der Waals surface area contributed by atoms with Gasteiger partial charge in [0.05, 0.1) is 11.1 Å². The SMILES string of the molecule is CC1(C)C(=O)N=C2C1=C(OCc1ccc3ccccc3c1)C(=O)c1ccccc12. The van der Waals surface area contributed by atoms with Crippen LogP contribution in [-0.4, -0.2) is 17.4 Å². The Morgan fingerprint density at radius 3 is 2.34 bits per heavy atom. The van der Waals surface area contributed by atoms with Crippen molar-refractivity contribution in [2.45, 2.75) is 20.5 Å². The highest BCUT2D eigenvalue weighted by Gasteiger charge is 2.48. The third-order valence-corrected chi connectivity index (χ3v) is 5.67. The highest BCUT2D eigenvalue weighted by molar-refractivity contribution is 6.34. The zero-order valence-electron chi connectivity index (χ0n) is 16.2. The Bertz CT molecular complexity index is 1260. The summed E-state index contributed by atoms with van der Waals surface area (Å²) in [6.45, 7) is 3.83. The maximum atomic E-state index is 13.2. The minimum absolute atomic E-state index is 0.196. The van der Waals surface area contributed by atoms with Gasteiger partial charge in [-0.1, -0.05) is 60.7 Å². The van der Waals surface area contributed by atoms with Gasteiger partial charge in [0, 0.05) is 16.7 Å². The Morgan fingerprint density at radius 2 is 1.55 bits per heavy atom. The number of fused-ring (bicyclic) bond motifs is 4. The number of aliphatic imine (C=N–C) groups is 1. The zero-order valence-corrected chi connectivity index (χ0v) is 16.2. The van der Waals surface area contributed by atoms with Crippen molar-refractivity contribution in [3.8, 4) is 0 Å². The molecule has 5 rings (SSSR count). The van der Waals surface area contributed by atoms with Gasteiger partial charge in [-0.25, -0.2) is 4.99 Å². The molecule has 0 fully saturated rings. The molecule has 142 valence electrons. The van der Waals surface area contributed by atoms with Gasteiger partial charge >= 0.3 is 0 Å². The molecule has 1 heterocycles. The van der Waals surface area contributed by atoms with E-state index < -0.39 is 5.41 Å². The van der Waals surface area contributed by atoms with Gasteiger partial charge in [-0.05, 0) is 36.2 Å². The number of hydrogen-bond acceptors (Lipinski definition) is 3. The number of hydrogen-bond donors (Lipinski definition) is 0. The molecule has 1 amide bonds. The van der Waals surface area contributed by atoms with E-state index in [4.69, 9.17) is 4.74 Å². The first-order chi connectivity index (χ1) is 14.0. The van der Waals surface area contributed by atoms with Crippen molar-refractivity contribution in [3.63, 3.8) is 0 Å². The second-order valence-electron chi connectivity index (χ2n) is 7.94. The molecule has 0 unspecified atom stereocenters. The molecule has 0 saturated carbocycles. The molecule has 3 aromatic carbocycles. The molecule has 3 aromatic rings. The number of ether oxygens (including phenoxy) is 1. The molecule has 4 nitrogen and oxygen atoms in total. The number of nitrogens with zero attached hydrogens (tertiary/aromatic N) is 1. The zero-order chi connectivity index (χ0) is 20.2. The monoisotopic (exact) mass is 381 g/mol. The second-order valence-corrected chi connectivity index (χ2v) is 7.94. The maximum absolute atomic E-state index is 13.2. The van der Waals surface area contributed by atoms with Gasteiger partial charge < -0.3 is 4.74 Å². The lowest BCUT2D eigenvalue weighted by atomic mass is 9.76. The Hall–Kier alpha value is -3.53. The number of Topliss-reactive ketones (excluding diaryl/α,β-unsaturated/α-hetero) is 1. The molecular formula is C25H19NO3. The third-order valence-electron chi connectivity index (χ3n) is 5.67. The Labute approximate surface area is 168 Å². The average molecular weight is 381 g/mol. The molecule has 2 aliphatic rings. The quantitative estimate of drug-likeness (QED) is 0.651. The summed E-state index contributed by atoms with van der Waals surface area (Å²) in [5, 5.41) is 2.27. The van der Waals surface area contributed by atoms with Crippen LogP contribution in [0.4, 0.5) is 0 Å². The van der Waals surface area contributed by atoms with Crippen LogP contribution in [-0.2, 0) is 16.1 Å². The summed E-state index contributed by atoms with van der Waals surface area (Å²) in [6, 6.07) is 21.4. The number of allylic oxidation sites excluding steroid dienone is 1. The molecule has 1 aliphatic carbocycles. The fourth-order valence-corrected chi connectivity index (χ4v) is 4.03. The molecule has 0 spiro atoms. The van der Waals surface area contributed by atoms with Crippen molar-refractivity contribution >= 4 is 28.2 Å². The standard InChI is InChI=1S/C25H19NO3/c1-25(2)20-21(26-24(25)28)18-9-5-6-10-19(18)22(27)23(20)29-14-15-11-12-16-7-3-4-8-17(16)13-15/h3-13H,14H2,1-2H3. The summed E-state index contributed by atoms with van der Waals surface area (Å²) in [5.74, 6) is -0.219. The minimum Gasteiger partial charge on any atom is -0.484 e. The lowest BCUT2D eigenvalue weighted by molar-refractivity contribution is -0.123. The molecular weight excluding hydrogens is 362 g/mol. The molecule has 0 bridgehead atoms. The molecule has 1 aliphatic heterocycles. The van der Waals surface area contributed by atoms with Crippen molar-refractivity contribution in [1.82, 2.24) is 0 Å².